The minimum Gasteiger partial charge on any atom is -0.439 e. The van der Waals surface area contributed by atoms with E-state index in [9.17, 15) is 14.4 Å². The normalized spacial score (nSPS) is 15.4. The smallest absolute Gasteiger partial charge is 0.335 e. The van der Waals surface area contributed by atoms with Crippen LogP contribution in [0.25, 0.3) is 11.3 Å². The Morgan fingerprint density at radius 2 is 1.57 bits per heavy atom. The van der Waals surface area contributed by atoms with Crippen molar-refractivity contribution >= 4 is 17.8 Å². The standard InChI is InChI=1S/C21H17N3O4/c1-14(15-8-4-2-5-9-15)24-20(26)19(25)23(21(24)27)13-18-22-12-17(28-18)16-10-6-3-7-11-16/h2-12,14H,13H2,1H3. The summed E-state index contributed by atoms with van der Waals surface area (Å²) in [6.07, 6.45) is 1.53. The molecule has 1 unspecified atom stereocenters. The second-order valence-electron chi connectivity index (χ2n) is 6.42. The van der Waals surface area contributed by atoms with Crippen LogP contribution >= 0.6 is 0 Å². The zero-order chi connectivity index (χ0) is 19.7. The fourth-order valence-corrected chi connectivity index (χ4v) is 3.14. The van der Waals surface area contributed by atoms with Gasteiger partial charge in [0.05, 0.1) is 12.2 Å². The predicted molar refractivity (Wildman–Crippen MR) is 99.6 cm³/mol. The van der Waals surface area contributed by atoms with Crippen LogP contribution in [-0.2, 0) is 16.1 Å². The van der Waals surface area contributed by atoms with E-state index >= 15 is 0 Å². The topological polar surface area (TPSA) is 83.7 Å². The number of aromatic nitrogens is 1. The molecule has 140 valence electrons. The number of nitrogens with zero attached hydrogens (tertiary/aromatic N) is 3. The Morgan fingerprint density at radius 3 is 2.25 bits per heavy atom. The first-order chi connectivity index (χ1) is 13.6. The molecule has 2 aromatic carbocycles. The van der Waals surface area contributed by atoms with Crippen molar-refractivity contribution in [3.63, 3.8) is 0 Å². The molecule has 4 amide bonds. The number of imide groups is 2. The Bertz CT molecular complexity index is 1030. The average Bonchev–Trinajstić information content (AvgIpc) is 3.28. The van der Waals surface area contributed by atoms with E-state index < -0.39 is 23.9 Å². The highest BCUT2D eigenvalue weighted by molar-refractivity contribution is 6.44. The van der Waals surface area contributed by atoms with Gasteiger partial charge in [-0.1, -0.05) is 60.7 Å². The van der Waals surface area contributed by atoms with Crippen molar-refractivity contribution in [3.8, 4) is 11.3 Å². The summed E-state index contributed by atoms with van der Waals surface area (Å²) in [5, 5.41) is 0. The number of oxazole rings is 1. The summed E-state index contributed by atoms with van der Waals surface area (Å²) in [7, 11) is 0. The third-order valence-electron chi connectivity index (χ3n) is 4.66. The van der Waals surface area contributed by atoms with Gasteiger partial charge in [-0.25, -0.2) is 19.6 Å². The summed E-state index contributed by atoms with van der Waals surface area (Å²) in [5.41, 5.74) is 1.59. The second kappa shape index (κ2) is 7.11. The van der Waals surface area contributed by atoms with E-state index in [1.54, 1.807) is 19.1 Å². The summed E-state index contributed by atoms with van der Waals surface area (Å²) in [6.45, 7) is 1.51. The summed E-state index contributed by atoms with van der Waals surface area (Å²) in [6, 6.07) is 17.2. The van der Waals surface area contributed by atoms with Crippen molar-refractivity contribution < 1.29 is 18.8 Å². The van der Waals surface area contributed by atoms with E-state index in [1.165, 1.54) is 6.20 Å². The Morgan fingerprint density at radius 1 is 0.929 bits per heavy atom. The largest absolute Gasteiger partial charge is 0.439 e. The number of hydrogen-bond donors (Lipinski definition) is 0. The van der Waals surface area contributed by atoms with Crippen molar-refractivity contribution in [3.05, 3.63) is 78.3 Å². The van der Waals surface area contributed by atoms with E-state index in [1.807, 2.05) is 48.5 Å². The molecule has 0 N–H and O–H groups in total. The Balaban J connectivity index is 1.55. The van der Waals surface area contributed by atoms with Crippen LogP contribution in [0.3, 0.4) is 0 Å². The quantitative estimate of drug-likeness (QED) is 0.504. The second-order valence-corrected chi connectivity index (χ2v) is 6.42. The minimum atomic E-state index is -0.882. The molecule has 7 nitrogen and oxygen atoms in total. The van der Waals surface area contributed by atoms with Gasteiger partial charge in [0.25, 0.3) is 0 Å². The van der Waals surface area contributed by atoms with Gasteiger partial charge in [-0.2, -0.15) is 0 Å². The predicted octanol–water partition coefficient (Wildman–Crippen LogP) is 3.39. The first kappa shape index (κ1) is 17.7. The number of amides is 4. The lowest BCUT2D eigenvalue weighted by atomic mass is 10.1. The summed E-state index contributed by atoms with van der Waals surface area (Å²) >= 11 is 0. The highest BCUT2D eigenvalue weighted by atomic mass is 16.4. The molecule has 0 spiro atoms. The molecule has 1 aromatic heterocycles. The molecule has 1 aliphatic rings. The zero-order valence-corrected chi connectivity index (χ0v) is 15.1. The fourth-order valence-electron chi connectivity index (χ4n) is 3.14. The van der Waals surface area contributed by atoms with Crippen molar-refractivity contribution in [2.24, 2.45) is 0 Å². The number of carbonyl (C=O) groups excluding carboxylic acids is 3. The lowest BCUT2D eigenvalue weighted by Crippen LogP contribution is -2.35. The molecular formula is C21H17N3O4. The highest BCUT2D eigenvalue weighted by Crippen LogP contribution is 2.28. The third kappa shape index (κ3) is 3.07. The van der Waals surface area contributed by atoms with Crippen molar-refractivity contribution in [2.45, 2.75) is 19.5 Å². The first-order valence-electron chi connectivity index (χ1n) is 8.80. The summed E-state index contributed by atoms with van der Waals surface area (Å²) < 4.78 is 5.66. The Hall–Kier alpha value is -3.74. The molecule has 28 heavy (non-hydrogen) atoms. The molecule has 0 radical (unpaired) electrons. The number of urea groups is 1. The summed E-state index contributed by atoms with van der Waals surface area (Å²) in [5.74, 6) is -1.03. The van der Waals surface area contributed by atoms with Crippen molar-refractivity contribution in [2.75, 3.05) is 0 Å². The van der Waals surface area contributed by atoms with Gasteiger partial charge in [-0.3, -0.25) is 9.59 Å². The first-order valence-corrected chi connectivity index (χ1v) is 8.80. The molecule has 0 saturated carbocycles. The average molecular weight is 375 g/mol. The maximum Gasteiger partial charge on any atom is 0.335 e. The van der Waals surface area contributed by atoms with Gasteiger partial charge in [0.1, 0.15) is 6.54 Å². The molecule has 0 aliphatic carbocycles. The van der Waals surface area contributed by atoms with E-state index in [4.69, 9.17) is 4.42 Å². The van der Waals surface area contributed by atoms with Crippen LogP contribution in [0.2, 0.25) is 0 Å². The van der Waals surface area contributed by atoms with Gasteiger partial charge >= 0.3 is 17.8 Å². The van der Waals surface area contributed by atoms with Gasteiger partial charge < -0.3 is 4.42 Å². The molecule has 1 saturated heterocycles. The third-order valence-corrected chi connectivity index (χ3v) is 4.66. The van der Waals surface area contributed by atoms with Crippen LogP contribution < -0.4 is 0 Å². The molecule has 3 aromatic rings. The zero-order valence-electron chi connectivity index (χ0n) is 15.1. The van der Waals surface area contributed by atoms with Crippen LogP contribution in [0.15, 0.2) is 71.3 Å². The van der Waals surface area contributed by atoms with Gasteiger partial charge in [0.2, 0.25) is 5.89 Å². The lowest BCUT2D eigenvalue weighted by molar-refractivity contribution is -0.144. The maximum atomic E-state index is 12.8. The molecule has 1 aliphatic heterocycles. The van der Waals surface area contributed by atoms with Crippen LogP contribution in [0, 0.1) is 0 Å². The minimum absolute atomic E-state index is 0.183. The highest BCUT2D eigenvalue weighted by Gasteiger charge is 2.47. The number of hydrogen-bond acceptors (Lipinski definition) is 5. The summed E-state index contributed by atoms with van der Waals surface area (Å²) in [4.78, 5) is 43.5. The number of rotatable bonds is 5. The number of benzene rings is 2. The molecule has 7 heteroatoms. The monoisotopic (exact) mass is 375 g/mol. The van der Waals surface area contributed by atoms with Crippen LogP contribution in [-0.4, -0.2) is 32.6 Å². The van der Waals surface area contributed by atoms with Crippen molar-refractivity contribution in [1.29, 1.82) is 0 Å². The molecule has 1 fully saturated rings. The maximum absolute atomic E-state index is 12.8. The fraction of sp³-hybridized carbons (Fsp3) is 0.143. The van der Waals surface area contributed by atoms with Crippen molar-refractivity contribution in [1.82, 2.24) is 14.8 Å². The van der Waals surface area contributed by atoms with Gasteiger partial charge in [-0.05, 0) is 12.5 Å². The Kier molecular flexibility index (Phi) is 4.49. The molecule has 1 atom stereocenters. The molecule has 0 bridgehead atoms. The molecule has 2 heterocycles. The molecular weight excluding hydrogens is 358 g/mol. The van der Waals surface area contributed by atoms with E-state index in [-0.39, 0.29) is 12.4 Å². The number of carbonyl (C=O) groups is 3. The SMILES string of the molecule is CC(c1ccccc1)N1C(=O)C(=O)N(Cc2ncc(-c3ccccc3)o2)C1=O. The lowest BCUT2D eigenvalue weighted by Gasteiger charge is -2.22. The molecule has 4 rings (SSSR count). The van der Waals surface area contributed by atoms with E-state index in [0.717, 1.165) is 20.9 Å². The van der Waals surface area contributed by atoms with E-state index in [0.29, 0.717) is 5.76 Å². The van der Waals surface area contributed by atoms with Gasteiger partial charge in [0.15, 0.2) is 5.76 Å². The van der Waals surface area contributed by atoms with E-state index in [2.05, 4.69) is 4.98 Å². The Labute approximate surface area is 161 Å². The van der Waals surface area contributed by atoms with Gasteiger partial charge in [-0.15, -0.1) is 0 Å². The van der Waals surface area contributed by atoms with Crippen LogP contribution in [0.4, 0.5) is 4.79 Å². The van der Waals surface area contributed by atoms with Crippen LogP contribution in [0.5, 0.6) is 0 Å². The van der Waals surface area contributed by atoms with Crippen LogP contribution in [0.1, 0.15) is 24.4 Å². The van der Waals surface area contributed by atoms with Gasteiger partial charge in [0, 0.05) is 5.56 Å².